The Balaban J connectivity index is 1.29. The minimum atomic E-state index is -5.26. The second-order valence-electron chi connectivity index (χ2n) is 19.2. The highest BCUT2D eigenvalue weighted by molar-refractivity contribution is 6.14. The van der Waals surface area contributed by atoms with Crippen LogP contribution in [-0.2, 0) is 12.4 Å². The van der Waals surface area contributed by atoms with Gasteiger partial charge in [0.2, 0.25) is 0 Å². The van der Waals surface area contributed by atoms with Gasteiger partial charge in [-0.05, 0) is 153 Å². The lowest BCUT2D eigenvalue weighted by Gasteiger charge is -2.23. The average Bonchev–Trinajstić information content (AvgIpc) is 4.22. The van der Waals surface area contributed by atoms with Gasteiger partial charge in [-0.25, -0.2) is 0 Å². The van der Waals surface area contributed by atoms with Crippen molar-refractivity contribution < 1.29 is 26.3 Å². The maximum Gasteiger partial charge on any atom is 0.416 e. The molecule has 0 saturated carbocycles. The molecule has 0 saturated heterocycles. The van der Waals surface area contributed by atoms with Gasteiger partial charge in [0.15, 0.2) is 0 Å². The number of halogens is 6. The second kappa shape index (κ2) is 19.1. The SMILES string of the molecule is N#Cc1cccc(-c2ccc3c4ccc(-c5cccc(C#N)c5)cc4n(-c4cc(C#N)cc(-n5c6cc(-c7cccc(C#N)c7)ccc6c6ccc(-c7cccc(C#N)c7)cc65)c4-c4cc(C(F)(F)F)cc(C(F)(F)F)c4)c3c2)c1. The number of hydrogen-bond donors (Lipinski definition) is 0. The van der Waals surface area contributed by atoms with E-state index in [9.17, 15) is 26.3 Å². The summed E-state index contributed by atoms with van der Waals surface area (Å²) < 4.78 is 95.2. The van der Waals surface area contributed by atoms with Crippen LogP contribution in [-0.4, -0.2) is 9.13 Å². The second-order valence-corrected chi connectivity index (χ2v) is 19.2. The van der Waals surface area contributed by atoms with Crippen molar-refractivity contribution in [2.75, 3.05) is 0 Å². The van der Waals surface area contributed by atoms with Gasteiger partial charge in [-0.3, -0.25) is 0 Å². The molecule has 0 aliphatic rings. The van der Waals surface area contributed by atoms with Crippen molar-refractivity contribution in [1.29, 1.82) is 26.3 Å². The molecule has 13 heteroatoms. The standard InChI is InChI=1S/C67H33F6N7/c68-66(69,70)53-27-52(28-54(33-53)67(71,72)73)65-63(79-59-29-48(44-9-1-5-39(21-44)34-74)13-17-55(59)56-18-14-49(30-60(56)79)45-10-2-6-40(22-45)35-75)25-43(38-78)26-64(65)80-61-31-50(46-11-3-7-41(23-46)36-76)15-19-57(61)58-20-16-51(32-62(58)80)47-12-4-8-42(24-47)37-77/h1-33H. The van der Waals surface area contributed by atoms with E-state index < -0.39 is 29.0 Å². The summed E-state index contributed by atoms with van der Waals surface area (Å²) in [7, 11) is 0. The molecule has 0 aliphatic carbocycles. The average molecular weight is 1050 g/mol. The fourth-order valence-electron chi connectivity index (χ4n) is 10.8. The van der Waals surface area contributed by atoms with Crippen LogP contribution in [0, 0.1) is 56.7 Å². The third-order valence-electron chi connectivity index (χ3n) is 14.4. The van der Waals surface area contributed by atoms with E-state index in [0.29, 0.717) is 123 Å². The molecular formula is C67H33F6N7. The molecule has 0 bridgehead atoms. The largest absolute Gasteiger partial charge is 0.416 e. The van der Waals surface area contributed by atoms with Crippen molar-refractivity contribution in [3.63, 3.8) is 0 Å². The molecule has 378 valence electrons. The van der Waals surface area contributed by atoms with Crippen molar-refractivity contribution in [3.8, 4) is 97.4 Å². The lowest BCUT2D eigenvalue weighted by Crippen LogP contribution is -2.12. The molecule has 0 aliphatic heterocycles. The lowest BCUT2D eigenvalue weighted by molar-refractivity contribution is -0.143. The van der Waals surface area contributed by atoms with Crippen LogP contribution in [0.4, 0.5) is 26.3 Å². The Morgan fingerprint density at radius 2 is 0.550 bits per heavy atom. The Labute approximate surface area is 452 Å². The highest BCUT2D eigenvalue weighted by Gasteiger charge is 2.38. The zero-order valence-electron chi connectivity index (χ0n) is 41.5. The lowest BCUT2D eigenvalue weighted by atomic mass is 9.94. The van der Waals surface area contributed by atoms with Gasteiger partial charge < -0.3 is 9.13 Å². The number of hydrogen-bond acceptors (Lipinski definition) is 5. The van der Waals surface area contributed by atoms with Gasteiger partial charge in [-0.1, -0.05) is 97.1 Å². The van der Waals surface area contributed by atoms with Gasteiger partial charge in [0.05, 0.1) is 103 Å². The molecule has 7 nitrogen and oxygen atoms in total. The van der Waals surface area contributed by atoms with Crippen LogP contribution in [0.1, 0.15) is 38.9 Å². The van der Waals surface area contributed by atoms with Crippen LogP contribution in [0.15, 0.2) is 200 Å². The fourth-order valence-corrected chi connectivity index (χ4v) is 10.8. The predicted octanol–water partition coefficient (Wildman–Crippen LogP) is 17.6. The zero-order chi connectivity index (χ0) is 55.6. The number of aromatic nitrogens is 2. The molecule has 10 aromatic carbocycles. The first kappa shape index (κ1) is 49.7. The van der Waals surface area contributed by atoms with Crippen LogP contribution in [0.3, 0.4) is 0 Å². The van der Waals surface area contributed by atoms with Crippen molar-refractivity contribution in [2.24, 2.45) is 0 Å². The maximum absolute atomic E-state index is 15.3. The van der Waals surface area contributed by atoms with E-state index in [2.05, 4.69) is 30.3 Å². The normalized spacial score (nSPS) is 11.6. The van der Waals surface area contributed by atoms with Gasteiger partial charge in [0.1, 0.15) is 0 Å². The number of rotatable bonds is 7. The molecule has 12 rings (SSSR count). The fraction of sp³-hybridized carbons (Fsp3) is 0.0299. The molecule has 80 heavy (non-hydrogen) atoms. The summed E-state index contributed by atoms with van der Waals surface area (Å²) in [6.07, 6.45) is -10.5. The summed E-state index contributed by atoms with van der Waals surface area (Å²) in [6, 6.07) is 65.1. The predicted molar refractivity (Wildman–Crippen MR) is 296 cm³/mol. The molecule has 2 heterocycles. The Morgan fingerprint density at radius 1 is 0.275 bits per heavy atom. The molecular weight excluding hydrogens is 1020 g/mol. The molecule has 0 unspecified atom stereocenters. The van der Waals surface area contributed by atoms with Gasteiger partial charge in [0.25, 0.3) is 0 Å². The first-order valence-electron chi connectivity index (χ1n) is 24.7. The quantitative estimate of drug-likeness (QED) is 0.147. The number of nitrogens with zero attached hydrogens (tertiary/aromatic N) is 7. The minimum absolute atomic E-state index is 0.00160. The molecule has 12 aromatic rings. The monoisotopic (exact) mass is 1050 g/mol. The zero-order valence-corrected chi connectivity index (χ0v) is 41.5. The topological polar surface area (TPSA) is 129 Å². The Hall–Kier alpha value is -11.2. The summed E-state index contributed by atoms with van der Waals surface area (Å²) in [6.45, 7) is 0. The van der Waals surface area contributed by atoms with E-state index >= 15 is 26.3 Å². The number of benzene rings is 10. The first-order chi connectivity index (χ1) is 38.6. The van der Waals surface area contributed by atoms with E-state index in [-0.39, 0.29) is 28.6 Å². The van der Waals surface area contributed by atoms with Crippen molar-refractivity contribution in [1.82, 2.24) is 9.13 Å². The number of nitriles is 5. The molecule has 0 radical (unpaired) electrons. The van der Waals surface area contributed by atoms with E-state index in [1.165, 1.54) is 12.1 Å². The van der Waals surface area contributed by atoms with Crippen LogP contribution in [0.2, 0.25) is 0 Å². The van der Waals surface area contributed by atoms with Gasteiger partial charge in [-0.15, -0.1) is 0 Å². The van der Waals surface area contributed by atoms with Gasteiger partial charge in [-0.2, -0.15) is 52.7 Å². The minimum Gasteiger partial charge on any atom is -0.308 e. The molecule has 2 aromatic heterocycles. The van der Waals surface area contributed by atoms with Crippen LogP contribution in [0.25, 0.3) is 111 Å². The highest BCUT2D eigenvalue weighted by Crippen LogP contribution is 2.48. The smallest absolute Gasteiger partial charge is 0.308 e. The molecule has 0 atom stereocenters. The molecule has 0 amide bonds. The Kier molecular flexibility index (Phi) is 11.9. The third-order valence-corrected chi connectivity index (χ3v) is 14.4. The Bertz CT molecular complexity index is 4310. The van der Waals surface area contributed by atoms with E-state index in [0.717, 1.165) is 0 Å². The van der Waals surface area contributed by atoms with E-state index in [1.807, 2.05) is 97.1 Å². The Morgan fingerprint density at radius 3 is 0.812 bits per heavy atom. The van der Waals surface area contributed by atoms with E-state index in [1.54, 1.807) is 81.9 Å². The first-order valence-corrected chi connectivity index (χ1v) is 24.7. The summed E-state index contributed by atoms with van der Waals surface area (Å²) >= 11 is 0. The van der Waals surface area contributed by atoms with Crippen LogP contribution in [0.5, 0.6) is 0 Å². The summed E-state index contributed by atoms with van der Waals surface area (Å²) in [5.41, 5.74) is 4.78. The summed E-state index contributed by atoms with van der Waals surface area (Å²) in [5.74, 6) is 0. The van der Waals surface area contributed by atoms with Crippen molar-refractivity contribution >= 4 is 43.6 Å². The van der Waals surface area contributed by atoms with Gasteiger partial charge in [0, 0.05) is 27.1 Å². The van der Waals surface area contributed by atoms with E-state index in [4.69, 9.17) is 0 Å². The summed E-state index contributed by atoms with van der Waals surface area (Å²) in [5, 5.41) is 53.4. The molecule has 0 spiro atoms. The maximum atomic E-state index is 15.3. The van der Waals surface area contributed by atoms with Crippen molar-refractivity contribution in [2.45, 2.75) is 12.4 Å². The molecule has 0 N–H and O–H groups in total. The number of alkyl halides is 6. The van der Waals surface area contributed by atoms with Gasteiger partial charge >= 0.3 is 12.4 Å². The number of fused-ring (bicyclic) bond motifs is 6. The molecule has 0 fully saturated rings. The third kappa shape index (κ3) is 8.66. The van der Waals surface area contributed by atoms with Crippen LogP contribution < -0.4 is 0 Å². The summed E-state index contributed by atoms with van der Waals surface area (Å²) in [4.78, 5) is 0. The highest BCUT2D eigenvalue weighted by atomic mass is 19.4. The van der Waals surface area contributed by atoms with Crippen LogP contribution >= 0.6 is 0 Å². The van der Waals surface area contributed by atoms with Crippen molar-refractivity contribution in [3.05, 3.63) is 239 Å².